The monoisotopic (exact) mass is 562 g/mol. The van der Waals surface area contributed by atoms with Crippen molar-refractivity contribution < 1.29 is 14.3 Å². The minimum absolute atomic E-state index is 0.236. The maximum atomic E-state index is 14.0. The highest BCUT2D eigenvalue weighted by Gasteiger charge is 2.33. The summed E-state index contributed by atoms with van der Waals surface area (Å²) < 4.78 is 5.43. The second kappa shape index (κ2) is 12.1. The van der Waals surface area contributed by atoms with E-state index in [-0.39, 0.29) is 11.9 Å². The number of nitrogens with one attached hydrogen (secondary N) is 2. The first-order valence-corrected chi connectivity index (χ1v) is 13.7. The Morgan fingerprint density at radius 2 is 1.81 bits per heavy atom. The highest BCUT2D eigenvalue weighted by atomic mass is 16.5. The Morgan fingerprint density at radius 1 is 0.976 bits per heavy atom. The fraction of sp³-hybridized carbons (Fsp3) is 0.194. The number of hydrogen-bond acceptors (Lipinski definition) is 8. The molecule has 0 saturated carbocycles. The zero-order valence-corrected chi connectivity index (χ0v) is 22.9. The Hall–Kier alpha value is -5.29. The molecular formula is C31H30N8O3. The van der Waals surface area contributed by atoms with Gasteiger partial charge >= 0.3 is 6.03 Å². The van der Waals surface area contributed by atoms with Crippen LogP contribution in [0.3, 0.4) is 0 Å². The Morgan fingerprint density at radius 3 is 2.57 bits per heavy atom. The standard InChI is InChI=1S/C31H30N8O3/c1-2-28(40)34-24-9-6-10-26(17-24)39-29-23(21-38(31(39)41)20-22-7-4-3-5-8-22)18-33-30(36-29)35-25-11-12-27(32-19-25)37-13-15-42-16-14-37/h2-12,17-19H,1,13-16,20-21H2,(H,34,40)(H,33,35,36). The molecule has 0 atom stereocenters. The second-order valence-corrected chi connectivity index (χ2v) is 9.88. The smallest absolute Gasteiger partial charge is 0.330 e. The van der Waals surface area contributed by atoms with Gasteiger partial charge in [-0.2, -0.15) is 4.98 Å². The van der Waals surface area contributed by atoms with Crippen LogP contribution < -0.4 is 20.4 Å². The number of rotatable bonds is 8. The van der Waals surface area contributed by atoms with Crippen LogP contribution in [0.4, 0.5) is 39.4 Å². The summed E-state index contributed by atoms with van der Waals surface area (Å²) in [5, 5.41) is 5.98. The third kappa shape index (κ3) is 5.91. The number of carbonyl (C=O) groups is 2. The minimum atomic E-state index is -0.342. The van der Waals surface area contributed by atoms with E-state index in [9.17, 15) is 9.59 Å². The SMILES string of the molecule is C=CC(=O)Nc1cccc(N2C(=O)N(Cc3ccccc3)Cc3cnc(Nc4ccc(N5CCOCC5)nc4)nc32)c1. The average Bonchev–Trinajstić information content (AvgIpc) is 3.03. The van der Waals surface area contributed by atoms with E-state index in [2.05, 4.69) is 32.1 Å². The average molecular weight is 563 g/mol. The molecule has 0 bridgehead atoms. The molecule has 0 radical (unpaired) electrons. The Balaban J connectivity index is 1.31. The van der Waals surface area contributed by atoms with Gasteiger partial charge in [0.25, 0.3) is 0 Å². The first-order chi connectivity index (χ1) is 20.6. The van der Waals surface area contributed by atoms with Crippen LogP contribution in [-0.4, -0.2) is 58.1 Å². The molecule has 11 heteroatoms. The molecule has 42 heavy (non-hydrogen) atoms. The molecule has 3 amide bonds. The summed E-state index contributed by atoms with van der Waals surface area (Å²) in [5.74, 6) is 1.34. The number of morpholine rings is 1. The molecule has 212 valence electrons. The van der Waals surface area contributed by atoms with Crippen LogP contribution in [0.5, 0.6) is 0 Å². The number of benzene rings is 2. The Labute approximate surface area is 243 Å². The lowest BCUT2D eigenvalue weighted by molar-refractivity contribution is -0.111. The van der Waals surface area contributed by atoms with Gasteiger partial charge in [0, 0.05) is 37.1 Å². The fourth-order valence-electron chi connectivity index (χ4n) is 4.91. The molecule has 2 aliphatic rings. The van der Waals surface area contributed by atoms with Gasteiger partial charge in [-0.1, -0.05) is 43.0 Å². The van der Waals surface area contributed by atoms with Gasteiger partial charge in [-0.15, -0.1) is 0 Å². The van der Waals surface area contributed by atoms with E-state index >= 15 is 0 Å². The molecule has 0 aliphatic carbocycles. The van der Waals surface area contributed by atoms with Crippen LogP contribution >= 0.6 is 0 Å². The first kappa shape index (κ1) is 26.9. The van der Waals surface area contributed by atoms with E-state index < -0.39 is 0 Å². The van der Waals surface area contributed by atoms with E-state index in [1.54, 1.807) is 46.5 Å². The van der Waals surface area contributed by atoms with Gasteiger partial charge in [-0.05, 0) is 42.0 Å². The molecule has 2 aliphatic heterocycles. The number of fused-ring (bicyclic) bond motifs is 1. The van der Waals surface area contributed by atoms with E-state index in [0.717, 1.165) is 35.7 Å². The molecule has 4 aromatic rings. The van der Waals surface area contributed by atoms with E-state index in [0.29, 0.717) is 49.4 Å². The number of pyridine rings is 1. The van der Waals surface area contributed by atoms with Crippen molar-refractivity contribution in [1.82, 2.24) is 19.9 Å². The lowest BCUT2D eigenvalue weighted by Gasteiger charge is -2.36. The number of aromatic nitrogens is 3. The maximum Gasteiger partial charge on any atom is 0.330 e. The number of ether oxygens (including phenoxy) is 1. The van der Waals surface area contributed by atoms with Crippen LogP contribution in [0.15, 0.2) is 91.8 Å². The molecule has 2 N–H and O–H groups in total. The number of hydrogen-bond donors (Lipinski definition) is 2. The van der Waals surface area contributed by atoms with Crippen molar-refractivity contribution in [2.24, 2.45) is 0 Å². The fourth-order valence-corrected chi connectivity index (χ4v) is 4.91. The molecular weight excluding hydrogens is 532 g/mol. The number of nitrogens with zero attached hydrogens (tertiary/aromatic N) is 6. The van der Waals surface area contributed by atoms with Crippen molar-refractivity contribution in [2.45, 2.75) is 13.1 Å². The Kier molecular flexibility index (Phi) is 7.73. The molecule has 11 nitrogen and oxygen atoms in total. The van der Waals surface area contributed by atoms with Gasteiger partial charge < -0.3 is 25.2 Å². The maximum absolute atomic E-state index is 14.0. The van der Waals surface area contributed by atoms with Crippen LogP contribution in [0, 0.1) is 0 Å². The molecule has 2 aromatic carbocycles. The molecule has 1 fully saturated rings. The predicted molar refractivity (Wildman–Crippen MR) is 161 cm³/mol. The van der Waals surface area contributed by atoms with Crippen LogP contribution in [0.1, 0.15) is 11.1 Å². The molecule has 0 spiro atoms. The van der Waals surface area contributed by atoms with Crippen molar-refractivity contribution in [3.63, 3.8) is 0 Å². The topological polar surface area (TPSA) is 116 Å². The van der Waals surface area contributed by atoms with Gasteiger partial charge in [0.05, 0.1) is 37.3 Å². The number of amides is 3. The quantitative estimate of drug-likeness (QED) is 0.293. The largest absolute Gasteiger partial charge is 0.378 e. The second-order valence-electron chi connectivity index (χ2n) is 9.88. The molecule has 4 heterocycles. The van der Waals surface area contributed by atoms with E-state index in [4.69, 9.17) is 9.72 Å². The third-order valence-corrected chi connectivity index (χ3v) is 6.99. The van der Waals surface area contributed by atoms with Crippen LogP contribution in [-0.2, 0) is 22.6 Å². The zero-order valence-electron chi connectivity index (χ0n) is 22.9. The number of urea groups is 1. The molecule has 1 saturated heterocycles. The number of carbonyl (C=O) groups excluding carboxylic acids is 2. The van der Waals surface area contributed by atoms with Crippen LogP contribution in [0.2, 0.25) is 0 Å². The van der Waals surface area contributed by atoms with Gasteiger partial charge in [-0.25, -0.2) is 19.7 Å². The van der Waals surface area contributed by atoms with Gasteiger partial charge in [0.15, 0.2) is 5.82 Å². The van der Waals surface area contributed by atoms with E-state index in [1.165, 1.54) is 6.08 Å². The van der Waals surface area contributed by atoms with Crippen molar-refractivity contribution >= 4 is 46.6 Å². The van der Waals surface area contributed by atoms with E-state index in [1.807, 2.05) is 42.5 Å². The van der Waals surface area contributed by atoms with Gasteiger partial charge in [0.2, 0.25) is 11.9 Å². The molecule has 2 aromatic heterocycles. The zero-order chi connectivity index (χ0) is 28.9. The van der Waals surface area contributed by atoms with Gasteiger partial charge in [-0.3, -0.25) is 4.79 Å². The minimum Gasteiger partial charge on any atom is -0.378 e. The number of anilines is 6. The summed E-state index contributed by atoms with van der Waals surface area (Å²) >= 11 is 0. The summed E-state index contributed by atoms with van der Waals surface area (Å²) in [6, 6.07) is 20.5. The predicted octanol–water partition coefficient (Wildman–Crippen LogP) is 4.85. The normalized spacial score (nSPS) is 14.8. The lowest BCUT2D eigenvalue weighted by atomic mass is 10.1. The summed E-state index contributed by atoms with van der Waals surface area (Å²) in [5.41, 5.74) is 3.61. The third-order valence-electron chi connectivity index (χ3n) is 6.99. The van der Waals surface area contributed by atoms with Crippen molar-refractivity contribution in [2.75, 3.05) is 46.7 Å². The highest BCUT2D eigenvalue weighted by molar-refractivity contribution is 6.03. The lowest BCUT2D eigenvalue weighted by Crippen LogP contribution is -2.45. The van der Waals surface area contributed by atoms with Crippen molar-refractivity contribution in [1.29, 1.82) is 0 Å². The first-order valence-electron chi connectivity index (χ1n) is 13.7. The summed E-state index contributed by atoms with van der Waals surface area (Å²) in [6.07, 6.45) is 4.67. The summed E-state index contributed by atoms with van der Waals surface area (Å²) in [7, 11) is 0. The van der Waals surface area contributed by atoms with Gasteiger partial charge in [0.1, 0.15) is 5.82 Å². The van der Waals surface area contributed by atoms with Crippen LogP contribution in [0.25, 0.3) is 0 Å². The van der Waals surface area contributed by atoms with Crippen molar-refractivity contribution in [3.8, 4) is 0 Å². The Bertz CT molecular complexity index is 1590. The summed E-state index contributed by atoms with van der Waals surface area (Å²) in [6.45, 7) is 7.26. The molecule has 6 rings (SSSR count). The summed E-state index contributed by atoms with van der Waals surface area (Å²) in [4.78, 5) is 45.3. The molecule has 0 unspecified atom stereocenters. The van der Waals surface area contributed by atoms with Crippen molar-refractivity contribution in [3.05, 3.63) is 103 Å². The highest BCUT2D eigenvalue weighted by Crippen LogP contribution is 2.36.